The Morgan fingerprint density at radius 2 is 1.68 bits per heavy atom. The Labute approximate surface area is 221 Å². The van der Waals surface area contributed by atoms with Crippen molar-refractivity contribution in [3.05, 3.63) is 118 Å². The molecule has 1 fully saturated rings. The highest BCUT2D eigenvalue weighted by molar-refractivity contribution is 6.31. The van der Waals surface area contributed by atoms with Crippen molar-refractivity contribution in [1.29, 1.82) is 0 Å². The fourth-order valence-electron chi connectivity index (χ4n) is 5.34. The molecular formula is C31H29ClN4O. The predicted molar refractivity (Wildman–Crippen MR) is 152 cm³/mol. The lowest BCUT2D eigenvalue weighted by molar-refractivity contribution is 0.211. The lowest BCUT2D eigenvalue weighted by Crippen LogP contribution is -2.39. The van der Waals surface area contributed by atoms with Gasteiger partial charge in [0.25, 0.3) is 5.56 Å². The summed E-state index contributed by atoms with van der Waals surface area (Å²) in [6.45, 7) is 3.41. The molecule has 0 atom stereocenters. The van der Waals surface area contributed by atoms with Gasteiger partial charge in [0.2, 0.25) is 0 Å². The van der Waals surface area contributed by atoms with Crippen LogP contribution in [0.15, 0.2) is 95.9 Å². The van der Waals surface area contributed by atoms with Crippen molar-refractivity contribution in [1.82, 2.24) is 14.5 Å². The molecule has 3 aromatic carbocycles. The number of likely N-dealkylation sites (tertiary alicyclic amines) is 1. The molecule has 1 aliphatic rings. The molecule has 0 bridgehead atoms. The standard InChI is InChI=1S/C31H29ClN4O/c32-25-10-11-30-28(18-25)29(19-31(37)36(30)21-27-7-3-4-14-33-27)34-26-12-15-35(16-13-26)20-22-8-9-23-5-1-2-6-24(23)17-22/h1-11,14,17-19,26,34H,12-13,15-16,20-21H2. The Balaban J connectivity index is 1.17. The van der Waals surface area contributed by atoms with Gasteiger partial charge in [-0.25, -0.2) is 0 Å². The first-order valence-electron chi connectivity index (χ1n) is 12.8. The van der Waals surface area contributed by atoms with E-state index in [4.69, 9.17) is 11.6 Å². The SMILES string of the molecule is O=c1cc(NC2CCN(Cc3ccc4ccccc4c3)CC2)c2cc(Cl)ccc2n1Cc1ccccn1. The van der Waals surface area contributed by atoms with Gasteiger partial charge in [-0.3, -0.25) is 14.7 Å². The average Bonchev–Trinajstić information content (AvgIpc) is 2.92. The molecule has 0 unspecified atom stereocenters. The summed E-state index contributed by atoms with van der Waals surface area (Å²) in [5.74, 6) is 0. The lowest BCUT2D eigenvalue weighted by atomic mass is 10.0. The summed E-state index contributed by atoms with van der Waals surface area (Å²) in [4.78, 5) is 20.1. The van der Waals surface area contributed by atoms with Gasteiger partial charge in [0.15, 0.2) is 0 Å². The first-order chi connectivity index (χ1) is 18.1. The number of hydrogen-bond donors (Lipinski definition) is 1. The molecule has 0 radical (unpaired) electrons. The molecule has 1 aliphatic heterocycles. The summed E-state index contributed by atoms with van der Waals surface area (Å²) >= 11 is 6.38. The van der Waals surface area contributed by atoms with Crippen molar-refractivity contribution in [2.24, 2.45) is 0 Å². The molecule has 37 heavy (non-hydrogen) atoms. The molecule has 6 heteroatoms. The summed E-state index contributed by atoms with van der Waals surface area (Å²) in [7, 11) is 0. The van der Waals surface area contributed by atoms with E-state index in [0.717, 1.165) is 54.8 Å². The molecule has 1 saturated heterocycles. The van der Waals surface area contributed by atoms with Gasteiger partial charge in [0.05, 0.1) is 17.8 Å². The van der Waals surface area contributed by atoms with Gasteiger partial charge in [-0.2, -0.15) is 0 Å². The van der Waals surface area contributed by atoms with Crippen LogP contribution in [0.25, 0.3) is 21.7 Å². The Kier molecular flexibility index (Phi) is 6.64. The van der Waals surface area contributed by atoms with Crippen molar-refractivity contribution in [3.8, 4) is 0 Å². The van der Waals surface area contributed by atoms with E-state index in [0.29, 0.717) is 17.6 Å². The van der Waals surface area contributed by atoms with Gasteiger partial charge < -0.3 is 9.88 Å². The third-order valence-electron chi connectivity index (χ3n) is 7.29. The van der Waals surface area contributed by atoms with Crippen molar-refractivity contribution >= 4 is 39.0 Å². The van der Waals surface area contributed by atoms with Crippen molar-refractivity contribution in [3.63, 3.8) is 0 Å². The van der Waals surface area contributed by atoms with Gasteiger partial charge in [0.1, 0.15) is 0 Å². The molecule has 5 nitrogen and oxygen atoms in total. The van der Waals surface area contributed by atoms with E-state index in [1.165, 1.54) is 16.3 Å². The molecule has 2 aromatic heterocycles. The van der Waals surface area contributed by atoms with Crippen LogP contribution >= 0.6 is 11.6 Å². The van der Waals surface area contributed by atoms with E-state index >= 15 is 0 Å². The number of hydrogen-bond acceptors (Lipinski definition) is 4. The Morgan fingerprint density at radius 1 is 0.865 bits per heavy atom. The molecule has 0 aliphatic carbocycles. The maximum Gasteiger partial charge on any atom is 0.253 e. The number of anilines is 1. The van der Waals surface area contributed by atoms with Crippen LogP contribution in [-0.4, -0.2) is 33.6 Å². The number of benzene rings is 3. The zero-order valence-electron chi connectivity index (χ0n) is 20.6. The van der Waals surface area contributed by atoms with E-state index in [-0.39, 0.29) is 5.56 Å². The molecule has 1 N–H and O–H groups in total. The van der Waals surface area contributed by atoms with Crippen LogP contribution in [-0.2, 0) is 13.1 Å². The number of nitrogens with zero attached hydrogens (tertiary/aromatic N) is 3. The first kappa shape index (κ1) is 23.7. The Morgan fingerprint density at radius 3 is 2.49 bits per heavy atom. The van der Waals surface area contributed by atoms with E-state index in [1.807, 2.05) is 36.4 Å². The molecule has 6 rings (SSSR count). The minimum absolute atomic E-state index is 0.0447. The summed E-state index contributed by atoms with van der Waals surface area (Å²) < 4.78 is 1.77. The molecular weight excluding hydrogens is 480 g/mol. The van der Waals surface area contributed by atoms with Gasteiger partial charge in [-0.15, -0.1) is 0 Å². The molecule has 0 amide bonds. The summed E-state index contributed by atoms with van der Waals surface area (Å²) in [6, 6.07) is 28.8. The van der Waals surface area contributed by atoms with Crippen LogP contribution in [0.5, 0.6) is 0 Å². The van der Waals surface area contributed by atoms with Crippen LogP contribution in [0, 0.1) is 0 Å². The number of nitrogens with one attached hydrogen (secondary N) is 1. The maximum absolute atomic E-state index is 13.2. The van der Waals surface area contributed by atoms with Gasteiger partial charge in [-0.1, -0.05) is 54.1 Å². The van der Waals surface area contributed by atoms with Crippen molar-refractivity contribution < 1.29 is 0 Å². The second kappa shape index (κ2) is 10.4. The third kappa shape index (κ3) is 5.24. The first-order valence-corrected chi connectivity index (χ1v) is 13.2. The normalized spacial score (nSPS) is 14.8. The second-order valence-corrected chi connectivity index (χ2v) is 10.3. The zero-order chi connectivity index (χ0) is 25.2. The molecule has 0 saturated carbocycles. The molecule has 5 aromatic rings. The highest BCUT2D eigenvalue weighted by Gasteiger charge is 2.21. The lowest BCUT2D eigenvalue weighted by Gasteiger charge is -2.33. The fraction of sp³-hybridized carbons (Fsp3) is 0.226. The van der Waals surface area contributed by atoms with E-state index in [9.17, 15) is 4.79 Å². The zero-order valence-corrected chi connectivity index (χ0v) is 21.4. The predicted octanol–water partition coefficient (Wildman–Crippen LogP) is 6.33. The monoisotopic (exact) mass is 508 g/mol. The highest BCUT2D eigenvalue weighted by Crippen LogP contribution is 2.28. The maximum atomic E-state index is 13.2. The van der Waals surface area contributed by atoms with Gasteiger partial charge in [0, 0.05) is 54.0 Å². The van der Waals surface area contributed by atoms with E-state index in [1.54, 1.807) is 16.8 Å². The number of fused-ring (bicyclic) bond motifs is 2. The van der Waals surface area contributed by atoms with Crippen LogP contribution in [0.4, 0.5) is 5.69 Å². The smallest absolute Gasteiger partial charge is 0.253 e. The highest BCUT2D eigenvalue weighted by atomic mass is 35.5. The summed E-state index contributed by atoms with van der Waals surface area (Å²) in [5.41, 5.74) is 3.87. The van der Waals surface area contributed by atoms with Crippen LogP contribution < -0.4 is 10.9 Å². The van der Waals surface area contributed by atoms with Gasteiger partial charge in [-0.05, 0) is 65.6 Å². The third-order valence-corrected chi connectivity index (χ3v) is 7.52. The number of rotatable bonds is 6. The van der Waals surface area contributed by atoms with E-state index < -0.39 is 0 Å². The number of piperidine rings is 1. The van der Waals surface area contributed by atoms with E-state index in [2.05, 4.69) is 57.7 Å². The largest absolute Gasteiger partial charge is 0.382 e. The summed E-state index contributed by atoms with van der Waals surface area (Å²) in [6.07, 6.45) is 3.79. The number of aromatic nitrogens is 2. The summed E-state index contributed by atoms with van der Waals surface area (Å²) in [5, 5.41) is 7.87. The minimum Gasteiger partial charge on any atom is -0.382 e. The van der Waals surface area contributed by atoms with Crippen LogP contribution in [0.3, 0.4) is 0 Å². The van der Waals surface area contributed by atoms with Gasteiger partial charge >= 0.3 is 0 Å². The van der Waals surface area contributed by atoms with Crippen LogP contribution in [0.1, 0.15) is 24.1 Å². The minimum atomic E-state index is -0.0447. The number of pyridine rings is 2. The quantitative estimate of drug-likeness (QED) is 0.291. The van der Waals surface area contributed by atoms with Crippen LogP contribution in [0.2, 0.25) is 5.02 Å². The van der Waals surface area contributed by atoms with Crippen molar-refractivity contribution in [2.45, 2.75) is 32.0 Å². The Bertz CT molecular complexity index is 1610. The molecule has 186 valence electrons. The van der Waals surface area contributed by atoms with Crippen molar-refractivity contribution in [2.75, 3.05) is 18.4 Å². The second-order valence-electron chi connectivity index (χ2n) is 9.84. The average molecular weight is 509 g/mol. The topological polar surface area (TPSA) is 50.2 Å². The molecule has 3 heterocycles. The Hall–Kier alpha value is -3.67. The number of halogens is 1. The fourth-order valence-corrected chi connectivity index (χ4v) is 5.52. The molecule has 0 spiro atoms.